The molecule has 116 valence electrons. The average molecular weight is 353 g/mol. The first-order valence-corrected chi connectivity index (χ1v) is 8.97. The van der Waals surface area contributed by atoms with Crippen LogP contribution in [0.2, 0.25) is 0 Å². The van der Waals surface area contributed by atoms with E-state index in [0.717, 1.165) is 36.0 Å². The van der Waals surface area contributed by atoms with E-state index >= 15 is 0 Å². The fourth-order valence-corrected chi connectivity index (χ4v) is 3.24. The van der Waals surface area contributed by atoms with Crippen LogP contribution < -0.4 is 10.1 Å². The molecule has 1 heterocycles. The van der Waals surface area contributed by atoms with Crippen LogP contribution in [0.4, 0.5) is 0 Å². The lowest BCUT2D eigenvalue weighted by atomic mass is 10.1. The van der Waals surface area contributed by atoms with Crippen LogP contribution in [-0.4, -0.2) is 37.2 Å². The summed E-state index contributed by atoms with van der Waals surface area (Å²) in [7, 11) is 0. The van der Waals surface area contributed by atoms with Gasteiger partial charge in [0.25, 0.3) is 0 Å². The molecule has 1 aromatic carbocycles. The molecule has 3 nitrogen and oxygen atoms in total. The monoisotopic (exact) mass is 352 g/mol. The van der Waals surface area contributed by atoms with Crippen molar-refractivity contribution in [2.24, 2.45) is 0 Å². The maximum Gasteiger partial charge on any atom is 0.123 e. The zero-order chi connectivity index (χ0) is 14.5. The summed E-state index contributed by atoms with van der Waals surface area (Å²) in [5, 5.41) is 3.57. The lowest BCUT2D eigenvalue weighted by molar-refractivity contribution is 0.182. The van der Waals surface area contributed by atoms with Crippen molar-refractivity contribution in [1.29, 1.82) is 0 Å². The quantitative estimate of drug-likeness (QED) is 0.811. The lowest BCUT2D eigenvalue weighted by Crippen LogP contribution is -2.33. The van der Waals surface area contributed by atoms with Gasteiger partial charge in [-0.3, -0.25) is 4.90 Å². The highest BCUT2D eigenvalue weighted by Gasteiger charge is 2.20. The first kappa shape index (κ1) is 15.3. The number of nitrogens with one attached hydrogen (secondary N) is 1. The van der Waals surface area contributed by atoms with Crippen molar-refractivity contribution in [2.75, 3.05) is 26.2 Å². The van der Waals surface area contributed by atoms with E-state index in [-0.39, 0.29) is 0 Å². The molecule has 0 spiro atoms. The number of halogens is 1. The number of rotatable bonds is 7. The van der Waals surface area contributed by atoms with Gasteiger partial charge in [-0.1, -0.05) is 22.4 Å². The van der Waals surface area contributed by atoms with E-state index in [2.05, 4.69) is 44.3 Å². The fraction of sp³-hybridized carbons (Fsp3) is 0.647. The number of hydrogen-bond donors (Lipinski definition) is 1. The molecule has 1 aromatic rings. The van der Waals surface area contributed by atoms with E-state index < -0.39 is 0 Å². The molecule has 21 heavy (non-hydrogen) atoms. The van der Waals surface area contributed by atoms with Crippen LogP contribution in [0.1, 0.15) is 37.7 Å². The van der Waals surface area contributed by atoms with Crippen molar-refractivity contribution in [3.8, 4) is 5.75 Å². The molecule has 1 aliphatic heterocycles. The van der Waals surface area contributed by atoms with E-state index in [0.29, 0.717) is 0 Å². The molecule has 3 rings (SSSR count). The molecule has 2 fully saturated rings. The summed E-state index contributed by atoms with van der Waals surface area (Å²) in [6, 6.07) is 7.05. The third kappa shape index (κ3) is 4.97. The van der Waals surface area contributed by atoms with Gasteiger partial charge in [-0.05, 0) is 57.0 Å². The van der Waals surface area contributed by atoms with Crippen molar-refractivity contribution >= 4 is 15.9 Å². The Balaban J connectivity index is 1.50. The highest BCUT2D eigenvalue weighted by Crippen LogP contribution is 2.25. The van der Waals surface area contributed by atoms with Gasteiger partial charge in [0.15, 0.2) is 0 Å². The first-order valence-electron chi connectivity index (χ1n) is 8.18. The molecule has 2 aliphatic rings. The van der Waals surface area contributed by atoms with E-state index in [1.807, 2.05) is 0 Å². The minimum atomic E-state index is 0.727. The molecule has 0 radical (unpaired) electrons. The summed E-state index contributed by atoms with van der Waals surface area (Å²) in [6.07, 6.45) is 6.71. The van der Waals surface area contributed by atoms with Crippen LogP contribution in [0.25, 0.3) is 0 Å². The van der Waals surface area contributed by atoms with Crippen LogP contribution in [-0.2, 0) is 6.54 Å². The second-order valence-electron chi connectivity index (χ2n) is 6.16. The molecule has 0 bridgehead atoms. The summed E-state index contributed by atoms with van der Waals surface area (Å²) in [6.45, 7) is 5.21. The maximum atomic E-state index is 6.05. The van der Waals surface area contributed by atoms with Crippen molar-refractivity contribution in [3.05, 3.63) is 28.2 Å². The van der Waals surface area contributed by atoms with Crippen LogP contribution in [0, 0.1) is 0 Å². The Morgan fingerprint density at radius 3 is 2.76 bits per heavy atom. The highest BCUT2D eigenvalue weighted by molar-refractivity contribution is 9.10. The van der Waals surface area contributed by atoms with Gasteiger partial charge in [-0.25, -0.2) is 0 Å². The molecule has 0 unspecified atom stereocenters. The Kier molecular flexibility index (Phi) is 5.55. The molecule has 1 saturated carbocycles. The third-order valence-corrected chi connectivity index (χ3v) is 4.79. The van der Waals surface area contributed by atoms with E-state index in [9.17, 15) is 0 Å². The molecular weight excluding hydrogens is 328 g/mol. The lowest BCUT2D eigenvalue weighted by Gasteiger charge is -2.26. The van der Waals surface area contributed by atoms with Gasteiger partial charge >= 0.3 is 0 Å². The van der Waals surface area contributed by atoms with Gasteiger partial charge in [0, 0.05) is 29.2 Å². The predicted octanol–water partition coefficient (Wildman–Crippen LogP) is 3.57. The third-order valence-electron chi connectivity index (χ3n) is 4.29. The van der Waals surface area contributed by atoms with Crippen molar-refractivity contribution < 1.29 is 4.74 Å². The molecule has 0 atom stereocenters. The molecule has 0 aromatic heterocycles. The second-order valence-corrected chi connectivity index (χ2v) is 7.07. The van der Waals surface area contributed by atoms with E-state index in [4.69, 9.17) is 4.74 Å². The topological polar surface area (TPSA) is 24.5 Å². The van der Waals surface area contributed by atoms with Crippen LogP contribution in [0.15, 0.2) is 22.7 Å². The van der Waals surface area contributed by atoms with Gasteiger partial charge in [0.05, 0.1) is 0 Å². The minimum absolute atomic E-state index is 0.727. The number of hydrogen-bond acceptors (Lipinski definition) is 3. The molecule has 0 amide bonds. The summed E-state index contributed by atoms with van der Waals surface area (Å²) in [4.78, 5) is 2.52. The number of likely N-dealkylation sites (tertiary alicyclic amines) is 1. The summed E-state index contributed by atoms with van der Waals surface area (Å²) < 4.78 is 7.17. The summed E-state index contributed by atoms with van der Waals surface area (Å²) >= 11 is 3.56. The predicted molar refractivity (Wildman–Crippen MR) is 89.8 cm³/mol. The molecule has 1 N–H and O–H groups in total. The molecular formula is C17H25BrN2O. The van der Waals surface area contributed by atoms with Gasteiger partial charge < -0.3 is 10.1 Å². The van der Waals surface area contributed by atoms with Gasteiger partial charge in [0.1, 0.15) is 12.4 Å². The largest absolute Gasteiger partial charge is 0.492 e. The normalized spacial score (nSPS) is 19.7. The van der Waals surface area contributed by atoms with Crippen LogP contribution in [0.3, 0.4) is 0 Å². The fourth-order valence-electron chi connectivity index (χ4n) is 2.84. The van der Waals surface area contributed by atoms with Crippen molar-refractivity contribution in [3.63, 3.8) is 0 Å². The smallest absolute Gasteiger partial charge is 0.123 e. The van der Waals surface area contributed by atoms with Gasteiger partial charge in [-0.2, -0.15) is 0 Å². The van der Waals surface area contributed by atoms with Crippen molar-refractivity contribution in [1.82, 2.24) is 10.2 Å². The molecule has 4 heteroatoms. The van der Waals surface area contributed by atoms with E-state index in [1.165, 1.54) is 50.8 Å². The van der Waals surface area contributed by atoms with E-state index in [1.54, 1.807) is 0 Å². The Morgan fingerprint density at radius 2 is 2.00 bits per heavy atom. The highest BCUT2D eigenvalue weighted by atomic mass is 79.9. The van der Waals surface area contributed by atoms with Crippen LogP contribution >= 0.6 is 15.9 Å². The Labute approximate surface area is 136 Å². The van der Waals surface area contributed by atoms with Crippen LogP contribution in [0.5, 0.6) is 5.75 Å². The number of benzene rings is 1. The maximum absolute atomic E-state index is 6.05. The Hall–Kier alpha value is -0.580. The molecule has 1 aliphatic carbocycles. The first-order chi connectivity index (χ1) is 10.3. The minimum Gasteiger partial charge on any atom is -0.492 e. The zero-order valence-electron chi connectivity index (χ0n) is 12.6. The SMILES string of the molecule is Brc1ccc(OCCN2CCCCC2)c(CNC2CC2)c1. The Bertz CT molecular complexity index is 456. The Morgan fingerprint density at radius 1 is 1.19 bits per heavy atom. The zero-order valence-corrected chi connectivity index (χ0v) is 14.2. The van der Waals surface area contributed by atoms with Gasteiger partial charge in [-0.15, -0.1) is 0 Å². The standard InChI is InChI=1S/C17H25BrN2O/c18-15-4-7-17(14(12-15)13-19-16-5-6-16)21-11-10-20-8-2-1-3-9-20/h4,7,12,16,19H,1-3,5-6,8-11,13H2. The van der Waals surface area contributed by atoms with Gasteiger partial charge in [0.2, 0.25) is 0 Å². The second kappa shape index (κ2) is 7.61. The summed E-state index contributed by atoms with van der Waals surface area (Å²) in [5.41, 5.74) is 1.26. The average Bonchev–Trinajstić information content (AvgIpc) is 3.32. The summed E-state index contributed by atoms with van der Waals surface area (Å²) in [5.74, 6) is 1.03. The number of nitrogens with zero attached hydrogens (tertiary/aromatic N) is 1. The van der Waals surface area contributed by atoms with Crippen molar-refractivity contribution in [2.45, 2.75) is 44.7 Å². The number of ether oxygens (including phenoxy) is 1. The molecule has 1 saturated heterocycles. The number of piperidine rings is 1.